The first-order chi connectivity index (χ1) is 25.7. The Kier molecular flexibility index (Phi) is 17.1. The zero-order valence-electron chi connectivity index (χ0n) is 30.8. The summed E-state index contributed by atoms with van der Waals surface area (Å²) in [5.41, 5.74) is 19.0. The predicted octanol–water partition coefficient (Wildman–Crippen LogP) is 0.863. The molecule has 0 unspecified atom stereocenters. The number of amides is 4. The third kappa shape index (κ3) is 13.9. The average molecular weight is 768 g/mol. The number of rotatable bonds is 22. The summed E-state index contributed by atoms with van der Waals surface area (Å²) in [6, 6.07) is 7.84. The summed E-state index contributed by atoms with van der Waals surface area (Å²) in [7, 11) is 0. The first-order valence-electron chi connectivity index (χ1n) is 17.8. The summed E-state index contributed by atoms with van der Waals surface area (Å²) in [5.74, 6) is -3.45. The molecule has 17 heteroatoms. The number of aromatic nitrogens is 1. The summed E-state index contributed by atoms with van der Waals surface area (Å²) in [5, 5.41) is 31.2. The molecule has 1 heterocycles. The number of carboxylic acids is 1. The number of H-pyrrole nitrogens is 1. The first-order valence-corrected chi connectivity index (χ1v) is 19.1. The van der Waals surface area contributed by atoms with Crippen LogP contribution in [0, 0.1) is 5.92 Å². The van der Waals surface area contributed by atoms with Gasteiger partial charge >= 0.3 is 5.97 Å². The number of benzene rings is 2. The van der Waals surface area contributed by atoms with Gasteiger partial charge < -0.3 is 53.7 Å². The molecule has 4 amide bonds. The van der Waals surface area contributed by atoms with Crippen LogP contribution < -0.4 is 38.5 Å². The van der Waals surface area contributed by atoms with E-state index in [9.17, 15) is 34.2 Å². The highest BCUT2D eigenvalue weighted by atomic mass is 32.2. The van der Waals surface area contributed by atoms with Gasteiger partial charge in [0.25, 0.3) is 0 Å². The van der Waals surface area contributed by atoms with Crippen molar-refractivity contribution in [3.63, 3.8) is 0 Å². The van der Waals surface area contributed by atoms with Crippen molar-refractivity contribution in [2.24, 2.45) is 28.1 Å². The number of nitrogens with two attached hydrogens (primary N) is 3. The smallest absolute Gasteiger partial charge is 0.326 e. The molecule has 2 aromatic carbocycles. The maximum Gasteiger partial charge on any atom is 0.326 e. The van der Waals surface area contributed by atoms with E-state index in [1.54, 1.807) is 18.3 Å². The number of nitrogens with one attached hydrogen (secondary N) is 5. The van der Waals surface area contributed by atoms with E-state index in [0.29, 0.717) is 23.3 Å². The molecule has 0 saturated heterocycles. The van der Waals surface area contributed by atoms with Crippen LogP contribution in [0.2, 0.25) is 0 Å². The van der Waals surface area contributed by atoms with Gasteiger partial charge in [0.05, 0.1) is 6.04 Å². The molecule has 13 N–H and O–H groups in total. The molecule has 16 nitrogen and oxygen atoms in total. The Morgan fingerprint density at radius 3 is 2.04 bits per heavy atom. The van der Waals surface area contributed by atoms with Crippen molar-refractivity contribution in [3.8, 4) is 5.75 Å². The van der Waals surface area contributed by atoms with Gasteiger partial charge in [-0.3, -0.25) is 24.2 Å². The monoisotopic (exact) mass is 767 g/mol. The molecule has 0 aliphatic rings. The van der Waals surface area contributed by atoms with Gasteiger partial charge in [-0.1, -0.05) is 44.2 Å². The predicted molar refractivity (Wildman–Crippen MR) is 210 cm³/mol. The second-order valence-electron chi connectivity index (χ2n) is 13.5. The number of thioether (sulfide) groups is 1. The van der Waals surface area contributed by atoms with E-state index in [1.165, 1.54) is 23.9 Å². The van der Waals surface area contributed by atoms with E-state index in [0.717, 1.165) is 10.9 Å². The highest BCUT2D eigenvalue weighted by Crippen LogP contribution is 2.20. The molecular weight excluding hydrogens is 715 g/mol. The quantitative estimate of drug-likeness (QED) is 0.0389. The lowest BCUT2D eigenvalue weighted by atomic mass is 10.0. The fraction of sp³-hybridized carbons (Fsp3) is 0.459. The minimum Gasteiger partial charge on any atom is -0.508 e. The molecule has 5 atom stereocenters. The summed E-state index contributed by atoms with van der Waals surface area (Å²) >= 11 is 1.45. The average Bonchev–Trinajstić information content (AvgIpc) is 3.53. The molecule has 0 bridgehead atoms. The third-order valence-corrected chi connectivity index (χ3v) is 9.25. The number of aliphatic imine (C=N–C) groups is 1. The van der Waals surface area contributed by atoms with Gasteiger partial charge in [0.15, 0.2) is 5.96 Å². The number of aromatic amines is 1. The second-order valence-corrected chi connectivity index (χ2v) is 14.5. The minimum absolute atomic E-state index is 0.00767. The number of phenolic OH excluding ortho intramolecular Hbond substituents is 1. The first kappa shape index (κ1) is 43.1. The molecule has 0 radical (unpaired) electrons. The molecule has 0 saturated carbocycles. The Labute approximate surface area is 318 Å². The van der Waals surface area contributed by atoms with E-state index in [-0.39, 0.29) is 56.3 Å². The Morgan fingerprint density at radius 2 is 1.41 bits per heavy atom. The number of para-hydroxylation sites is 1. The Morgan fingerprint density at radius 1 is 0.815 bits per heavy atom. The van der Waals surface area contributed by atoms with Gasteiger partial charge in [-0.2, -0.15) is 11.8 Å². The van der Waals surface area contributed by atoms with Crippen molar-refractivity contribution < 1.29 is 34.2 Å². The Bertz CT molecular complexity index is 1740. The van der Waals surface area contributed by atoms with Crippen LogP contribution in [0.15, 0.2) is 59.7 Å². The number of carboxylic acid groups (broad SMARTS) is 1. The largest absolute Gasteiger partial charge is 0.508 e. The molecule has 0 aliphatic carbocycles. The minimum atomic E-state index is -1.24. The van der Waals surface area contributed by atoms with Gasteiger partial charge in [-0.15, -0.1) is 0 Å². The van der Waals surface area contributed by atoms with Crippen molar-refractivity contribution in [1.29, 1.82) is 0 Å². The second kappa shape index (κ2) is 21.4. The molecule has 294 valence electrons. The Balaban J connectivity index is 1.92. The lowest BCUT2D eigenvalue weighted by Crippen LogP contribution is -2.59. The van der Waals surface area contributed by atoms with Crippen LogP contribution in [0.4, 0.5) is 0 Å². The number of carbonyl (C=O) groups excluding carboxylic acids is 4. The fourth-order valence-corrected chi connectivity index (χ4v) is 6.22. The highest BCUT2D eigenvalue weighted by Gasteiger charge is 2.32. The standard InChI is InChI=1S/C37H53N9O7S/c1-21(2)17-31(36(52)53)46-33(49)28(14-16-54-3)43-35(51)30(19-23-20-42-27-9-5-4-7-25(23)27)45-34(50)29(18-22-10-12-24(47)13-11-22)44-32(48)26(38)8-6-15-41-37(39)40/h4-5,7,9-13,20-21,26,28-31,42,47H,6,8,14-19,38H2,1-3H3,(H,43,51)(H,44,48)(H,45,50)(H,46,49)(H,52,53)(H4,39,40,41)/t26-,28-,29-,30-,31-/m0/s1. The van der Waals surface area contributed by atoms with Gasteiger partial charge in [0, 0.05) is 36.5 Å². The number of nitrogens with zero attached hydrogens (tertiary/aromatic N) is 1. The molecule has 0 spiro atoms. The Hall–Kier alpha value is -5.29. The van der Waals surface area contributed by atoms with Crippen molar-refractivity contribution in [3.05, 3.63) is 65.9 Å². The normalized spacial score (nSPS) is 13.9. The number of fused-ring (bicyclic) bond motifs is 1. The van der Waals surface area contributed by atoms with E-state index >= 15 is 0 Å². The van der Waals surface area contributed by atoms with E-state index < -0.39 is 59.8 Å². The lowest BCUT2D eigenvalue weighted by Gasteiger charge is -2.27. The highest BCUT2D eigenvalue weighted by molar-refractivity contribution is 7.98. The summed E-state index contributed by atoms with van der Waals surface area (Å²) in [6.45, 7) is 3.94. The summed E-state index contributed by atoms with van der Waals surface area (Å²) in [6.07, 6.45) is 4.59. The number of aromatic hydroxyl groups is 1. The fourth-order valence-electron chi connectivity index (χ4n) is 5.75. The van der Waals surface area contributed by atoms with Gasteiger partial charge in [-0.25, -0.2) is 4.79 Å². The van der Waals surface area contributed by atoms with Crippen LogP contribution >= 0.6 is 11.8 Å². The van der Waals surface area contributed by atoms with Gasteiger partial charge in [-0.05, 0) is 72.9 Å². The van der Waals surface area contributed by atoms with E-state index in [4.69, 9.17) is 17.2 Å². The van der Waals surface area contributed by atoms with Crippen molar-refractivity contribution in [2.45, 2.75) is 82.6 Å². The maximum atomic E-state index is 14.2. The molecule has 3 aromatic rings. The summed E-state index contributed by atoms with van der Waals surface area (Å²) in [4.78, 5) is 74.0. The number of aliphatic carboxylic acids is 1. The lowest BCUT2D eigenvalue weighted by molar-refractivity contribution is -0.142. The molecule has 3 rings (SSSR count). The molecule has 1 aromatic heterocycles. The zero-order valence-corrected chi connectivity index (χ0v) is 31.7. The van der Waals surface area contributed by atoms with Crippen LogP contribution in [-0.2, 0) is 36.8 Å². The van der Waals surface area contributed by atoms with Gasteiger partial charge in [0.1, 0.15) is 29.9 Å². The number of guanidine groups is 1. The molecule has 0 fully saturated rings. The zero-order chi connectivity index (χ0) is 39.8. The van der Waals surface area contributed by atoms with Crippen LogP contribution in [0.1, 0.15) is 50.7 Å². The number of hydrogen-bond donors (Lipinski definition) is 10. The van der Waals surface area contributed by atoms with Crippen molar-refractivity contribution in [1.82, 2.24) is 26.3 Å². The number of carbonyl (C=O) groups is 5. The third-order valence-electron chi connectivity index (χ3n) is 8.61. The molecular formula is C37H53N9O7S. The van der Waals surface area contributed by atoms with E-state index in [2.05, 4.69) is 31.2 Å². The van der Waals surface area contributed by atoms with E-state index in [1.807, 2.05) is 44.4 Å². The summed E-state index contributed by atoms with van der Waals surface area (Å²) < 4.78 is 0. The van der Waals surface area contributed by atoms with Crippen LogP contribution in [0.5, 0.6) is 5.75 Å². The van der Waals surface area contributed by atoms with Crippen molar-refractivity contribution in [2.75, 3.05) is 18.6 Å². The van der Waals surface area contributed by atoms with Crippen LogP contribution in [0.25, 0.3) is 10.9 Å². The van der Waals surface area contributed by atoms with Crippen LogP contribution in [0.3, 0.4) is 0 Å². The van der Waals surface area contributed by atoms with Crippen LogP contribution in [-0.4, -0.2) is 99.5 Å². The number of phenols is 1. The topological polar surface area (TPSA) is 280 Å². The number of hydrogen-bond acceptors (Lipinski definition) is 9. The SMILES string of the molecule is CSCC[C@H](NC(=O)[C@H](Cc1c[nH]c2ccccc12)NC(=O)[C@H](Cc1ccc(O)cc1)NC(=O)[C@@H](N)CCCN=C(N)N)C(=O)N[C@@H](CC(C)C)C(=O)O. The van der Waals surface area contributed by atoms with Crippen molar-refractivity contribution >= 4 is 58.2 Å². The molecule has 54 heavy (non-hydrogen) atoms. The molecule has 0 aliphatic heterocycles. The maximum absolute atomic E-state index is 14.2. The van der Waals surface area contributed by atoms with Gasteiger partial charge in [0.2, 0.25) is 23.6 Å².